The summed E-state index contributed by atoms with van der Waals surface area (Å²) in [5, 5.41) is 6.21. The minimum Gasteiger partial charge on any atom is -0.494 e. The van der Waals surface area contributed by atoms with Crippen molar-refractivity contribution in [3.05, 3.63) is 52.5 Å². The molecule has 2 aromatic rings. The van der Waals surface area contributed by atoms with Gasteiger partial charge in [0.05, 0.1) is 11.6 Å². The van der Waals surface area contributed by atoms with Crippen LogP contribution in [0.1, 0.15) is 18.1 Å². The molecule has 144 valence electrons. The molecule has 0 aromatic heterocycles. The Bertz CT molecular complexity index is 798. The van der Waals surface area contributed by atoms with Crippen LogP contribution in [0.15, 0.2) is 36.4 Å². The van der Waals surface area contributed by atoms with Crippen LogP contribution in [-0.4, -0.2) is 32.4 Å². The molecule has 0 spiro atoms. The summed E-state index contributed by atoms with van der Waals surface area (Å²) < 4.78 is 16.5. The van der Waals surface area contributed by atoms with Gasteiger partial charge in [0.1, 0.15) is 19.0 Å². The zero-order chi connectivity index (χ0) is 19.1. The van der Waals surface area contributed by atoms with Crippen LogP contribution in [0.25, 0.3) is 0 Å². The number of halogens is 1. The molecule has 1 aliphatic heterocycles. The molecule has 7 heteroatoms. The van der Waals surface area contributed by atoms with Gasteiger partial charge in [0.25, 0.3) is 0 Å². The third-order valence-electron chi connectivity index (χ3n) is 4.02. The van der Waals surface area contributed by atoms with Crippen molar-refractivity contribution in [2.24, 2.45) is 0 Å². The van der Waals surface area contributed by atoms with Crippen molar-refractivity contribution in [1.82, 2.24) is 10.6 Å². The van der Waals surface area contributed by atoms with E-state index in [1.807, 2.05) is 43.3 Å². The molecule has 3 rings (SSSR count). The molecule has 0 unspecified atom stereocenters. The van der Waals surface area contributed by atoms with E-state index in [0.717, 1.165) is 16.9 Å². The van der Waals surface area contributed by atoms with E-state index in [1.165, 1.54) is 0 Å². The van der Waals surface area contributed by atoms with E-state index in [1.54, 1.807) is 0 Å². The zero-order valence-electron chi connectivity index (χ0n) is 15.2. The van der Waals surface area contributed by atoms with Crippen LogP contribution < -0.4 is 24.8 Å². The molecule has 0 aliphatic carbocycles. The fourth-order valence-corrected chi connectivity index (χ4v) is 3.07. The Labute approximate surface area is 163 Å². The highest BCUT2D eigenvalue weighted by atomic mass is 35.5. The summed E-state index contributed by atoms with van der Waals surface area (Å²) in [6.45, 7) is 4.48. The Balaban J connectivity index is 1.44. The molecule has 2 amide bonds. The summed E-state index contributed by atoms with van der Waals surface area (Å²) in [6.07, 6.45) is 0.642. The first-order valence-corrected chi connectivity index (χ1v) is 9.35. The number of fused-ring (bicyclic) bond motifs is 1. The Hall–Kier alpha value is -2.60. The van der Waals surface area contributed by atoms with Gasteiger partial charge in [-0.2, -0.15) is 0 Å². The molecule has 0 bridgehead atoms. The van der Waals surface area contributed by atoms with Crippen LogP contribution in [0, 0.1) is 0 Å². The number of urea groups is 1. The van der Waals surface area contributed by atoms with E-state index in [9.17, 15) is 4.79 Å². The van der Waals surface area contributed by atoms with Crippen LogP contribution in [0.3, 0.4) is 0 Å². The monoisotopic (exact) mass is 390 g/mol. The number of hydrogen-bond donors (Lipinski definition) is 2. The predicted molar refractivity (Wildman–Crippen MR) is 104 cm³/mol. The van der Waals surface area contributed by atoms with E-state index >= 15 is 0 Å². The summed E-state index contributed by atoms with van der Waals surface area (Å²) in [5.74, 6) is 2.04. The zero-order valence-corrected chi connectivity index (χ0v) is 16.0. The van der Waals surface area contributed by atoms with Gasteiger partial charge in [0.15, 0.2) is 11.5 Å². The summed E-state index contributed by atoms with van der Waals surface area (Å²) in [5.41, 5.74) is 1.96. The first kappa shape index (κ1) is 19.2. The van der Waals surface area contributed by atoms with Crippen LogP contribution in [-0.2, 0) is 13.0 Å². The van der Waals surface area contributed by atoms with E-state index in [2.05, 4.69) is 10.6 Å². The van der Waals surface area contributed by atoms with Gasteiger partial charge in [0, 0.05) is 13.1 Å². The lowest BCUT2D eigenvalue weighted by Crippen LogP contribution is -2.36. The minimum atomic E-state index is -0.222. The first-order chi connectivity index (χ1) is 13.2. The number of benzene rings is 2. The molecule has 27 heavy (non-hydrogen) atoms. The second-order valence-corrected chi connectivity index (χ2v) is 6.45. The topological polar surface area (TPSA) is 68.8 Å². The van der Waals surface area contributed by atoms with Crippen molar-refractivity contribution < 1.29 is 19.0 Å². The number of ether oxygens (including phenoxy) is 3. The number of amides is 2. The van der Waals surface area contributed by atoms with Gasteiger partial charge < -0.3 is 24.8 Å². The highest BCUT2D eigenvalue weighted by Crippen LogP contribution is 2.38. The fourth-order valence-electron chi connectivity index (χ4n) is 2.79. The van der Waals surface area contributed by atoms with Gasteiger partial charge in [-0.25, -0.2) is 4.79 Å². The Morgan fingerprint density at radius 2 is 2.00 bits per heavy atom. The van der Waals surface area contributed by atoms with Crippen molar-refractivity contribution in [3.63, 3.8) is 0 Å². The van der Waals surface area contributed by atoms with Crippen molar-refractivity contribution in [1.29, 1.82) is 0 Å². The quantitative estimate of drug-likeness (QED) is 0.758. The third kappa shape index (κ3) is 5.44. The molecule has 2 aromatic carbocycles. The molecule has 6 nitrogen and oxygen atoms in total. The van der Waals surface area contributed by atoms with Crippen LogP contribution in [0.4, 0.5) is 4.79 Å². The van der Waals surface area contributed by atoms with Gasteiger partial charge >= 0.3 is 6.03 Å². The van der Waals surface area contributed by atoms with Crippen molar-refractivity contribution in [2.45, 2.75) is 19.9 Å². The summed E-state index contributed by atoms with van der Waals surface area (Å²) in [6, 6.07) is 11.2. The number of carbonyl (C=O) groups is 1. The first-order valence-electron chi connectivity index (χ1n) is 8.97. The van der Waals surface area contributed by atoms with E-state index in [4.69, 9.17) is 25.8 Å². The third-order valence-corrected chi connectivity index (χ3v) is 4.30. The molecule has 1 aliphatic rings. The van der Waals surface area contributed by atoms with Crippen molar-refractivity contribution >= 4 is 17.6 Å². The predicted octanol–water partition coefficient (Wildman–Crippen LogP) is 3.55. The molecule has 0 saturated carbocycles. The van der Waals surface area contributed by atoms with Gasteiger partial charge in [-0.3, -0.25) is 0 Å². The summed E-state index contributed by atoms with van der Waals surface area (Å²) >= 11 is 6.23. The normalized spacial score (nSPS) is 12.4. The smallest absolute Gasteiger partial charge is 0.315 e. The molecular weight excluding hydrogens is 368 g/mol. The van der Waals surface area contributed by atoms with Gasteiger partial charge in [-0.15, -0.1) is 0 Å². The molecular formula is C20H23ClN2O4. The summed E-state index contributed by atoms with van der Waals surface area (Å²) in [4.78, 5) is 12.0. The van der Waals surface area contributed by atoms with Crippen molar-refractivity contribution in [3.8, 4) is 17.2 Å². The number of carbonyl (C=O) groups excluding carboxylic acids is 1. The Morgan fingerprint density at radius 1 is 1.15 bits per heavy atom. The number of hydrogen-bond acceptors (Lipinski definition) is 4. The lowest BCUT2D eigenvalue weighted by molar-refractivity contribution is 0.171. The van der Waals surface area contributed by atoms with Crippen LogP contribution in [0.2, 0.25) is 5.02 Å². The standard InChI is InChI=1S/C20H23ClN2O4/c1-2-25-16-5-3-4-15(10-16)13-23-20(24)22-7-6-14-11-17(21)19-18(12-14)26-8-9-27-19/h3-5,10-12H,2,6-9,13H2,1H3,(H2,22,23,24). The number of nitrogens with one attached hydrogen (secondary N) is 2. The van der Waals surface area contributed by atoms with Gasteiger partial charge in [-0.05, 0) is 48.7 Å². The van der Waals surface area contributed by atoms with Crippen LogP contribution >= 0.6 is 11.6 Å². The average Bonchev–Trinajstić information content (AvgIpc) is 2.67. The van der Waals surface area contributed by atoms with E-state index < -0.39 is 0 Å². The largest absolute Gasteiger partial charge is 0.494 e. The Morgan fingerprint density at radius 3 is 2.85 bits per heavy atom. The van der Waals surface area contributed by atoms with Gasteiger partial charge in [-0.1, -0.05) is 23.7 Å². The maximum Gasteiger partial charge on any atom is 0.315 e. The lowest BCUT2D eigenvalue weighted by Gasteiger charge is -2.20. The average molecular weight is 391 g/mol. The highest BCUT2D eigenvalue weighted by molar-refractivity contribution is 6.32. The molecule has 1 heterocycles. The molecule has 0 atom stereocenters. The molecule has 0 radical (unpaired) electrons. The second kappa shape index (κ2) is 9.37. The SMILES string of the molecule is CCOc1cccc(CNC(=O)NCCc2cc(Cl)c3c(c2)OCCO3)c1. The second-order valence-electron chi connectivity index (χ2n) is 6.04. The lowest BCUT2D eigenvalue weighted by atomic mass is 10.1. The summed E-state index contributed by atoms with van der Waals surface area (Å²) in [7, 11) is 0. The highest BCUT2D eigenvalue weighted by Gasteiger charge is 2.16. The number of rotatable bonds is 7. The van der Waals surface area contributed by atoms with E-state index in [-0.39, 0.29) is 6.03 Å². The van der Waals surface area contributed by atoms with Gasteiger partial charge in [0.2, 0.25) is 0 Å². The minimum absolute atomic E-state index is 0.222. The maximum absolute atomic E-state index is 12.0. The fraction of sp³-hybridized carbons (Fsp3) is 0.350. The molecule has 0 saturated heterocycles. The molecule has 0 fully saturated rings. The van der Waals surface area contributed by atoms with Crippen molar-refractivity contribution in [2.75, 3.05) is 26.4 Å². The Kier molecular flexibility index (Phi) is 6.65. The molecule has 2 N–H and O–H groups in total. The van der Waals surface area contributed by atoms with Crippen LogP contribution in [0.5, 0.6) is 17.2 Å². The maximum atomic E-state index is 12.0. The van der Waals surface area contributed by atoms with E-state index in [0.29, 0.717) is 55.9 Å².